The molecule has 0 saturated carbocycles. The van der Waals surface area contributed by atoms with E-state index in [1.165, 1.54) is 4.68 Å². The molecule has 2 rings (SSSR count). The quantitative estimate of drug-likeness (QED) is 0.851. The number of nitrogens with zero attached hydrogens (tertiary/aromatic N) is 5. The molecule has 0 saturated heterocycles. The van der Waals surface area contributed by atoms with Crippen LogP contribution in [0.4, 0.5) is 0 Å². The minimum absolute atomic E-state index is 0.0559. The van der Waals surface area contributed by atoms with Crippen LogP contribution in [-0.2, 0) is 11.3 Å². The SMILES string of the molecule is CCN(CC)C(=O)Cn1nnc(C(=O)O)c1-c1ccncc1. The minimum atomic E-state index is -1.19. The van der Waals surface area contributed by atoms with Gasteiger partial charge in [-0.2, -0.15) is 0 Å². The Morgan fingerprint density at radius 2 is 1.86 bits per heavy atom. The van der Waals surface area contributed by atoms with Crippen molar-refractivity contribution in [2.75, 3.05) is 13.1 Å². The Balaban J connectivity index is 2.41. The van der Waals surface area contributed by atoms with Gasteiger partial charge in [0.1, 0.15) is 12.2 Å². The molecule has 1 amide bonds. The molecule has 8 heteroatoms. The number of pyridine rings is 1. The second-order valence-electron chi connectivity index (χ2n) is 4.55. The van der Waals surface area contributed by atoms with Crippen molar-refractivity contribution < 1.29 is 14.7 Å². The van der Waals surface area contributed by atoms with Crippen molar-refractivity contribution in [3.8, 4) is 11.3 Å². The molecular formula is C14H17N5O3. The summed E-state index contributed by atoms with van der Waals surface area (Å²) in [5.41, 5.74) is 0.721. The Hall–Kier alpha value is -2.77. The minimum Gasteiger partial charge on any atom is -0.476 e. The molecule has 2 heterocycles. The van der Waals surface area contributed by atoms with Gasteiger partial charge in [0.25, 0.3) is 0 Å². The molecule has 22 heavy (non-hydrogen) atoms. The van der Waals surface area contributed by atoms with Gasteiger partial charge in [-0.1, -0.05) is 5.21 Å². The summed E-state index contributed by atoms with van der Waals surface area (Å²) in [6.45, 7) is 4.88. The topological polar surface area (TPSA) is 101 Å². The Morgan fingerprint density at radius 3 is 2.41 bits per heavy atom. The van der Waals surface area contributed by atoms with E-state index in [1.54, 1.807) is 29.4 Å². The van der Waals surface area contributed by atoms with Crippen molar-refractivity contribution in [3.05, 3.63) is 30.2 Å². The fraction of sp³-hybridized carbons (Fsp3) is 0.357. The van der Waals surface area contributed by atoms with Crippen LogP contribution in [0, 0.1) is 0 Å². The third kappa shape index (κ3) is 3.11. The van der Waals surface area contributed by atoms with Crippen LogP contribution in [-0.4, -0.2) is 55.0 Å². The molecule has 0 aliphatic carbocycles. The number of aromatic nitrogens is 4. The van der Waals surface area contributed by atoms with Gasteiger partial charge in [-0.3, -0.25) is 9.78 Å². The first-order chi connectivity index (χ1) is 10.6. The summed E-state index contributed by atoms with van der Waals surface area (Å²) in [4.78, 5) is 29.1. The lowest BCUT2D eigenvalue weighted by Crippen LogP contribution is -2.33. The number of carboxylic acids is 1. The molecule has 0 aliphatic heterocycles. The van der Waals surface area contributed by atoms with Crippen LogP contribution in [0.3, 0.4) is 0 Å². The van der Waals surface area contributed by atoms with Crippen LogP contribution >= 0.6 is 0 Å². The van der Waals surface area contributed by atoms with E-state index in [1.807, 2.05) is 13.8 Å². The van der Waals surface area contributed by atoms with Gasteiger partial charge < -0.3 is 10.0 Å². The number of hydrogen-bond acceptors (Lipinski definition) is 5. The first-order valence-electron chi connectivity index (χ1n) is 6.93. The summed E-state index contributed by atoms with van der Waals surface area (Å²) in [6.07, 6.45) is 3.09. The molecule has 0 unspecified atom stereocenters. The summed E-state index contributed by atoms with van der Waals surface area (Å²) >= 11 is 0. The van der Waals surface area contributed by atoms with Crippen molar-refractivity contribution in [3.63, 3.8) is 0 Å². The van der Waals surface area contributed by atoms with E-state index in [2.05, 4.69) is 15.3 Å². The highest BCUT2D eigenvalue weighted by atomic mass is 16.4. The van der Waals surface area contributed by atoms with E-state index >= 15 is 0 Å². The number of carbonyl (C=O) groups is 2. The lowest BCUT2D eigenvalue weighted by atomic mass is 10.1. The van der Waals surface area contributed by atoms with Crippen LogP contribution in [0.2, 0.25) is 0 Å². The summed E-state index contributed by atoms with van der Waals surface area (Å²) in [6, 6.07) is 3.31. The van der Waals surface area contributed by atoms with Crippen LogP contribution in [0.15, 0.2) is 24.5 Å². The van der Waals surface area contributed by atoms with Crippen molar-refractivity contribution in [1.29, 1.82) is 0 Å². The highest BCUT2D eigenvalue weighted by Crippen LogP contribution is 2.21. The molecular weight excluding hydrogens is 286 g/mol. The van der Waals surface area contributed by atoms with Gasteiger partial charge in [0.05, 0.1) is 0 Å². The summed E-state index contributed by atoms with van der Waals surface area (Å²) in [5, 5.41) is 16.8. The molecule has 2 aromatic heterocycles. The molecule has 0 fully saturated rings. The highest BCUT2D eigenvalue weighted by Gasteiger charge is 2.22. The molecule has 0 aromatic carbocycles. The Kier molecular flexibility index (Phi) is 4.82. The number of rotatable bonds is 6. The highest BCUT2D eigenvalue weighted by molar-refractivity contribution is 5.93. The smallest absolute Gasteiger partial charge is 0.358 e. The molecule has 0 bridgehead atoms. The maximum Gasteiger partial charge on any atom is 0.358 e. The third-order valence-electron chi connectivity index (χ3n) is 3.29. The molecule has 116 valence electrons. The van der Waals surface area contributed by atoms with Gasteiger partial charge >= 0.3 is 5.97 Å². The van der Waals surface area contributed by atoms with Gasteiger partial charge in [-0.15, -0.1) is 5.10 Å². The lowest BCUT2D eigenvalue weighted by molar-refractivity contribution is -0.131. The summed E-state index contributed by atoms with van der Waals surface area (Å²) in [5.74, 6) is -1.32. The fourth-order valence-corrected chi connectivity index (χ4v) is 2.17. The second kappa shape index (κ2) is 6.79. The maximum atomic E-state index is 12.2. The number of carboxylic acid groups (broad SMARTS) is 1. The van der Waals surface area contributed by atoms with Gasteiger partial charge in [0.15, 0.2) is 5.69 Å². The molecule has 1 N–H and O–H groups in total. The van der Waals surface area contributed by atoms with E-state index < -0.39 is 5.97 Å². The molecule has 2 aromatic rings. The third-order valence-corrected chi connectivity index (χ3v) is 3.29. The van der Waals surface area contributed by atoms with Gasteiger partial charge in [-0.05, 0) is 26.0 Å². The Labute approximate surface area is 127 Å². The van der Waals surface area contributed by atoms with Crippen LogP contribution in [0.25, 0.3) is 11.3 Å². The summed E-state index contributed by atoms with van der Waals surface area (Å²) < 4.78 is 1.32. The molecule has 0 spiro atoms. The van der Waals surface area contributed by atoms with Gasteiger partial charge in [0.2, 0.25) is 5.91 Å². The largest absolute Gasteiger partial charge is 0.476 e. The summed E-state index contributed by atoms with van der Waals surface area (Å²) in [7, 11) is 0. The molecule has 0 atom stereocenters. The first-order valence-corrected chi connectivity index (χ1v) is 6.93. The number of aromatic carboxylic acids is 1. The molecule has 0 radical (unpaired) electrons. The van der Waals surface area contributed by atoms with E-state index in [4.69, 9.17) is 0 Å². The number of carbonyl (C=O) groups excluding carboxylic acids is 1. The number of likely N-dealkylation sites (N-methyl/N-ethyl adjacent to an activating group) is 1. The van der Waals surface area contributed by atoms with Crippen molar-refractivity contribution in [2.45, 2.75) is 20.4 Å². The zero-order valence-corrected chi connectivity index (χ0v) is 12.4. The van der Waals surface area contributed by atoms with Crippen molar-refractivity contribution >= 4 is 11.9 Å². The van der Waals surface area contributed by atoms with E-state index in [0.29, 0.717) is 24.3 Å². The lowest BCUT2D eigenvalue weighted by Gasteiger charge is -2.18. The molecule has 8 nitrogen and oxygen atoms in total. The van der Waals surface area contributed by atoms with Crippen LogP contribution in [0.1, 0.15) is 24.3 Å². The number of hydrogen-bond donors (Lipinski definition) is 1. The first kappa shape index (κ1) is 15.6. The average molecular weight is 303 g/mol. The van der Waals surface area contributed by atoms with Gasteiger partial charge in [-0.25, -0.2) is 9.48 Å². The Bertz CT molecular complexity index is 664. The van der Waals surface area contributed by atoms with E-state index in [0.717, 1.165) is 0 Å². The normalized spacial score (nSPS) is 10.5. The zero-order valence-electron chi connectivity index (χ0n) is 12.4. The Morgan fingerprint density at radius 1 is 1.23 bits per heavy atom. The predicted molar refractivity (Wildman–Crippen MR) is 78.1 cm³/mol. The average Bonchev–Trinajstić information content (AvgIpc) is 2.93. The van der Waals surface area contributed by atoms with Crippen molar-refractivity contribution in [1.82, 2.24) is 24.9 Å². The van der Waals surface area contributed by atoms with Crippen LogP contribution in [0.5, 0.6) is 0 Å². The molecule has 0 aliphatic rings. The van der Waals surface area contributed by atoms with Crippen molar-refractivity contribution in [2.24, 2.45) is 0 Å². The van der Waals surface area contributed by atoms with E-state index in [-0.39, 0.29) is 18.1 Å². The second-order valence-corrected chi connectivity index (χ2v) is 4.55. The zero-order chi connectivity index (χ0) is 16.1. The monoisotopic (exact) mass is 303 g/mol. The number of amides is 1. The fourth-order valence-electron chi connectivity index (χ4n) is 2.17. The van der Waals surface area contributed by atoms with E-state index in [9.17, 15) is 14.7 Å². The maximum absolute atomic E-state index is 12.2. The standard InChI is InChI=1S/C14H17N5O3/c1-3-18(4-2)11(20)9-19-13(10-5-7-15-8-6-10)12(14(21)22)16-17-19/h5-8H,3-4,9H2,1-2H3,(H,21,22). The predicted octanol–water partition coefficient (Wildman–Crippen LogP) is 0.907. The van der Waals surface area contributed by atoms with Gasteiger partial charge in [0, 0.05) is 31.0 Å². The van der Waals surface area contributed by atoms with Crippen LogP contribution < -0.4 is 0 Å².